The summed E-state index contributed by atoms with van der Waals surface area (Å²) in [6.45, 7) is 1.57. The van der Waals surface area contributed by atoms with Crippen molar-refractivity contribution in [2.24, 2.45) is 0 Å². The van der Waals surface area contributed by atoms with Gasteiger partial charge in [0, 0.05) is 11.3 Å². The van der Waals surface area contributed by atoms with Crippen molar-refractivity contribution >= 4 is 39.4 Å². The zero-order valence-corrected chi connectivity index (χ0v) is 15.3. The third-order valence-electron chi connectivity index (χ3n) is 4.44. The number of hydrogen-bond acceptors (Lipinski definition) is 5. The van der Waals surface area contributed by atoms with Gasteiger partial charge in [0.15, 0.2) is 22.9 Å². The van der Waals surface area contributed by atoms with Crippen molar-refractivity contribution in [3.05, 3.63) is 71.6 Å². The fourth-order valence-corrected chi connectivity index (χ4v) is 3.82. The third kappa shape index (κ3) is 2.62. The lowest BCUT2D eigenvalue weighted by atomic mass is 10.1. The van der Waals surface area contributed by atoms with E-state index in [-0.39, 0.29) is 5.78 Å². The number of aromatic nitrogens is 4. The van der Waals surface area contributed by atoms with Crippen LogP contribution in [0.3, 0.4) is 0 Å². The summed E-state index contributed by atoms with van der Waals surface area (Å²) in [5, 5.41) is 2.02. The van der Waals surface area contributed by atoms with Crippen LogP contribution >= 0.6 is 11.3 Å². The summed E-state index contributed by atoms with van der Waals surface area (Å²) in [5.74, 6) is 0.840. The van der Waals surface area contributed by atoms with E-state index < -0.39 is 0 Å². The van der Waals surface area contributed by atoms with Gasteiger partial charge >= 0.3 is 0 Å². The Morgan fingerprint density at radius 1 is 0.889 bits per heavy atom. The Bertz CT molecular complexity index is 1290. The minimum Gasteiger partial charge on any atom is -0.295 e. The molecule has 0 aliphatic carbocycles. The van der Waals surface area contributed by atoms with Gasteiger partial charge in [0.05, 0.1) is 15.9 Å². The second-order valence-electron chi connectivity index (χ2n) is 6.21. The molecule has 2 aromatic carbocycles. The fraction of sp³-hybridized carbons (Fsp3) is 0.0476. The van der Waals surface area contributed by atoms with Crippen LogP contribution < -0.4 is 0 Å². The Balaban J connectivity index is 1.83. The van der Waals surface area contributed by atoms with Crippen molar-refractivity contribution in [3.63, 3.8) is 0 Å². The normalized spacial score (nSPS) is 11.3. The number of thiophene rings is 1. The summed E-state index contributed by atoms with van der Waals surface area (Å²) in [7, 11) is 0. The summed E-state index contributed by atoms with van der Waals surface area (Å²) in [6, 6.07) is 19.3. The number of benzene rings is 2. The zero-order valence-electron chi connectivity index (χ0n) is 14.5. The molecule has 27 heavy (non-hydrogen) atoms. The minimum atomic E-state index is 0.0429. The molecule has 0 bridgehead atoms. The van der Waals surface area contributed by atoms with Crippen LogP contribution in [0.5, 0.6) is 0 Å². The molecule has 0 fully saturated rings. The first-order valence-electron chi connectivity index (χ1n) is 8.51. The molecule has 0 radical (unpaired) electrons. The molecule has 3 heterocycles. The molecule has 5 aromatic rings. The number of hydrogen-bond donors (Lipinski definition) is 0. The van der Waals surface area contributed by atoms with Crippen molar-refractivity contribution in [2.75, 3.05) is 0 Å². The Morgan fingerprint density at radius 2 is 1.63 bits per heavy atom. The standard InChI is InChI=1S/C21H14N4OS/c1-13(26)14-8-10-15(11-9-14)25-20(18-7-4-12-27-18)24-19-21(25)23-17-6-3-2-5-16(17)22-19/h2-12H,1H3. The number of rotatable bonds is 3. The van der Waals surface area contributed by atoms with Gasteiger partial charge in [-0.2, -0.15) is 0 Å². The molecule has 0 spiro atoms. The molecule has 0 aliphatic rings. The van der Waals surface area contributed by atoms with E-state index in [4.69, 9.17) is 15.0 Å². The molecule has 6 heteroatoms. The van der Waals surface area contributed by atoms with Gasteiger partial charge in [-0.25, -0.2) is 15.0 Å². The van der Waals surface area contributed by atoms with Crippen molar-refractivity contribution in [3.8, 4) is 16.4 Å². The smallest absolute Gasteiger partial charge is 0.199 e. The van der Waals surface area contributed by atoms with Gasteiger partial charge in [0.2, 0.25) is 0 Å². The second kappa shape index (κ2) is 6.10. The van der Waals surface area contributed by atoms with Crippen molar-refractivity contribution in [1.29, 1.82) is 0 Å². The number of para-hydroxylation sites is 2. The SMILES string of the molecule is CC(=O)c1ccc(-n2c(-c3cccs3)nc3nc4ccccc4nc32)cc1. The molecule has 130 valence electrons. The van der Waals surface area contributed by atoms with E-state index in [9.17, 15) is 4.79 Å². The number of carbonyl (C=O) groups is 1. The number of Topliss-reactive ketones (excluding diaryl/α,β-unsaturated/α-hetero) is 1. The second-order valence-corrected chi connectivity index (χ2v) is 7.16. The number of imidazole rings is 1. The van der Waals surface area contributed by atoms with Gasteiger partial charge in [-0.1, -0.05) is 18.2 Å². The molecule has 0 saturated carbocycles. The highest BCUT2D eigenvalue weighted by Crippen LogP contribution is 2.30. The van der Waals surface area contributed by atoms with Crippen LogP contribution in [0.15, 0.2) is 66.0 Å². The minimum absolute atomic E-state index is 0.0429. The predicted molar refractivity (Wildman–Crippen MR) is 107 cm³/mol. The van der Waals surface area contributed by atoms with Crippen molar-refractivity contribution < 1.29 is 4.79 Å². The van der Waals surface area contributed by atoms with Crippen LogP contribution in [0.4, 0.5) is 0 Å². The highest BCUT2D eigenvalue weighted by atomic mass is 32.1. The van der Waals surface area contributed by atoms with E-state index in [0.717, 1.165) is 27.4 Å². The van der Waals surface area contributed by atoms with Crippen LogP contribution in [0, 0.1) is 0 Å². The first kappa shape index (κ1) is 15.8. The van der Waals surface area contributed by atoms with Crippen LogP contribution in [-0.2, 0) is 0 Å². The maximum absolute atomic E-state index is 11.6. The Labute approximate surface area is 159 Å². The highest BCUT2D eigenvalue weighted by Gasteiger charge is 2.18. The molecule has 0 N–H and O–H groups in total. The molecular weight excluding hydrogens is 356 g/mol. The largest absolute Gasteiger partial charge is 0.295 e. The Hall–Kier alpha value is -3.38. The van der Waals surface area contributed by atoms with Crippen LogP contribution in [0.2, 0.25) is 0 Å². The molecule has 0 amide bonds. The maximum Gasteiger partial charge on any atom is 0.199 e. The molecule has 5 rings (SSSR count). The number of nitrogens with zero attached hydrogens (tertiary/aromatic N) is 4. The lowest BCUT2D eigenvalue weighted by Crippen LogP contribution is -2.00. The quantitative estimate of drug-likeness (QED) is 0.424. The average Bonchev–Trinajstić information content (AvgIpc) is 3.33. The van der Waals surface area contributed by atoms with Crippen LogP contribution in [-0.4, -0.2) is 25.3 Å². The van der Waals surface area contributed by atoms with E-state index >= 15 is 0 Å². The summed E-state index contributed by atoms with van der Waals surface area (Å²) in [6.07, 6.45) is 0. The fourth-order valence-electron chi connectivity index (χ4n) is 3.12. The molecular formula is C21H14N4OS. The molecule has 5 nitrogen and oxygen atoms in total. The lowest BCUT2D eigenvalue weighted by Gasteiger charge is -2.08. The van der Waals surface area contributed by atoms with Gasteiger partial charge < -0.3 is 0 Å². The van der Waals surface area contributed by atoms with Crippen molar-refractivity contribution in [1.82, 2.24) is 19.5 Å². The summed E-state index contributed by atoms with van der Waals surface area (Å²) < 4.78 is 2.00. The Kier molecular flexibility index (Phi) is 3.58. The van der Waals surface area contributed by atoms with Crippen molar-refractivity contribution in [2.45, 2.75) is 6.92 Å². The predicted octanol–water partition coefficient (Wildman–Crippen LogP) is 4.90. The van der Waals surface area contributed by atoms with E-state index in [1.54, 1.807) is 18.3 Å². The number of carbonyl (C=O) groups excluding carboxylic acids is 1. The first-order valence-corrected chi connectivity index (χ1v) is 9.39. The number of ketones is 1. The average molecular weight is 370 g/mol. The van der Waals surface area contributed by atoms with Gasteiger partial charge in [-0.15, -0.1) is 11.3 Å². The van der Waals surface area contributed by atoms with Crippen LogP contribution in [0.1, 0.15) is 17.3 Å². The Morgan fingerprint density at radius 3 is 2.30 bits per heavy atom. The zero-order chi connectivity index (χ0) is 18.4. The van der Waals surface area contributed by atoms with E-state index in [0.29, 0.717) is 16.9 Å². The molecule has 0 unspecified atom stereocenters. The molecule has 0 saturated heterocycles. The first-order chi connectivity index (χ1) is 13.2. The lowest BCUT2D eigenvalue weighted by molar-refractivity contribution is 0.101. The third-order valence-corrected chi connectivity index (χ3v) is 5.31. The van der Waals surface area contributed by atoms with E-state index in [1.165, 1.54) is 0 Å². The van der Waals surface area contributed by atoms with E-state index in [2.05, 4.69) is 0 Å². The van der Waals surface area contributed by atoms with E-state index in [1.807, 2.05) is 70.6 Å². The summed E-state index contributed by atoms with van der Waals surface area (Å²) >= 11 is 1.62. The topological polar surface area (TPSA) is 60.7 Å². The van der Waals surface area contributed by atoms with Gasteiger partial charge in [0.1, 0.15) is 0 Å². The monoisotopic (exact) mass is 370 g/mol. The molecule has 3 aromatic heterocycles. The molecule has 0 atom stereocenters. The summed E-state index contributed by atoms with van der Waals surface area (Å²) in [5.41, 5.74) is 4.52. The highest BCUT2D eigenvalue weighted by molar-refractivity contribution is 7.13. The van der Waals surface area contributed by atoms with Gasteiger partial charge in [-0.3, -0.25) is 9.36 Å². The summed E-state index contributed by atoms with van der Waals surface area (Å²) in [4.78, 5) is 26.9. The number of fused-ring (bicyclic) bond motifs is 2. The maximum atomic E-state index is 11.6. The van der Waals surface area contributed by atoms with Gasteiger partial charge in [-0.05, 0) is 54.8 Å². The molecule has 0 aliphatic heterocycles. The van der Waals surface area contributed by atoms with Crippen LogP contribution in [0.25, 0.3) is 38.7 Å². The van der Waals surface area contributed by atoms with Gasteiger partial charge in [0.25, 0.3) is 0 Å².